The molecule has 1 aromatic carbocycles. The lowest BCUT2D eigenvalue weighted by Crippen LogP contribution is -2.12. The number of hydrogen-bond donors (Lipinski definition) is 2. The molecule has 0 radical (unpaired) electrons. The molecule has 0 bridgehead atoms. The Kier molecular flexibility index (Phi) is 2.98. The first kappa shape index (κ1) is 13.1. The van der Waals surface area contributed by atoms with Crippen LogP contribution in [0.1, 0.15) is 23.1 Å². The summed E-state index contributed by atoms with van der Waals surface area (Å²) in [7, 11) is 0. The monoisotopic (exact) mass is 292 g/mol. The van der Waals surface area contributed by atoms with E-state index in [9.17, 15) is 10.4 Å². The van der Waals surface area contributed by atoms with Gasteiger partial charge in [0.15, 0.2) is 5.65 Å². The second-order valence-electron chi connectivity index (χ2n) is 5.56. The molecule has 4 rings (SSSR count). The third-order valence-electron chi connectivity index (χ3n) is 4.33. The lowest BCUT2D eigenvalue weighted by atomic mass is 10.1. The van der Waals surface area contributed by atoms with Gasteiger partial charge in [0.25, 0.3) is 0 Å². The van der Waals surface area contributed by atoms with E-state index >= 15 is 0 Å². The molecule has 5 heteroatoms. The van der Waals surface area contributed by atoms with E-state index in [1.165, 1.54) is 5.56 Å². The van der Waals surface area contributed by atoms with Gasteiger partial charge in [-0.1, -0.05) is 12.1 Å². The SMILES string of the molecule is N#Cc1c2c(c(NCCO)n3c1nc1ccccc13)CCC2. The van der Waals surface area contributed by atoms with E-state index in [4.69, 9.17) is 0 Å². The Labute approximate surface area is 127 Å². The number of benzene rings is 1. The van der Waals surface area contributed by atoms with Crippen LogP contribution in [0.2, 0.25) is 0 Å². The highest BCUT2D eigenvalue weighted by Crippen LogP contribution is 2.36. The predicted molar refractivity (Wildman–Crippen MR) is 85.0 cm³/mol. The number of hydrogen-bond acceptors (Lipinski definition) is 4. The Balaban J connectivity index is 2.16. The van der Waals surface area contributed by atoms with Crippen LogP contribution in [0.15, 0.2) is 24.3 Å². The van der Waals surface area contributed by atoms with Crippen molar-refractivity contribution >= 4 is 22.5 Å². The fourth-order valence-corrected chi connectivity index (χ4v) is 3.45. The van der Waals surface area contributed by atoms with Gasteiger partial charge in [0.1, 0.15) is 11.9 Å². The van der Waals surface area contributed by atoms with Gasteiger partial charge >= 0.3 is 0 Å². The zero-order chi connectivity index (χ0) is 15.1. The molecule has 0 saturated heterocycles. The second kappa shape index (κ2) is 5.00. The van der Waals surface area contributed by atoms with Crippen molar-refractivity contribution in [1.29, 1.82) is 5.26 Å². The Bertz CT molecular complexity index is 920. The summed E-state index contributed by atoms with van der Waals surface area (Å²) in [4.78, 5) is 4.67. The molecule has 0 fully saturated rings. The minimum atomic E-state index is 0.0723. The number of nitrogens with zero attached hydrogens (tertiary/aromatic N) is 3. The fourth-order valence-electron chi connectivity index (χ4n) is 3.45. The second-order valence-corrected chi connectivity index (χ2v) is 5.56. The van der Waals surface area contributed by atoms with Crippen molar-refractivity contribution < 1.29 is 5.11 Å². The van der Waals surface area contributed by atoms with Gasteiger partial charge in [0, 0.05) is 6.54 Å². The predicted octanol–water partition coefficient (Wildman–Crippen LogP) is 2.25. The minimum Gasteiger partial charge on any atom is -0.395 e. The number of imidazole rings is 1. The van der Waals surface area contributed by atoms with Crippen molar-refractivity contribution in [1.82, 2.24) is 9.38 Å². The number of aliphatic hydroxyl groups is 1. The van der Waals surface area contributed by atoms with E-state index in [2.05, 4.69) is 16.4 Å². The standard InChI is InChI=1S/C17H16N4O/c18-10-13-11-4-3-5-12(11)16(19-8-9-22)21-15-7-2-1-6-14(15)20-17(13)21/h1-2,6-7,19,22H,3-5,8-9H2. The molecule has 2 heterocycles. The zero-order valence-corrected chi connectivity index (χ0v) is 12.1. The normalized spacial score (nSPS) is 13.5. The molecular weight excluding hydrogens is 276 g/mol. The van der Waals surface area contributed by atoms with E-state index in [-0.39, 0.29) is 6.61 Å². The molecule has 2 aromatic heterocycles. The van der Waals surface area contributed by atoms with Crippen LogP contribution >= 0.6 is 0 Å². The summed E-state index contributed by atoms with van der Waals surface area (Å²) in [5.74, 6) is 0.976. The third kappa shape index (κ3) is 1.71. The van der Waals surface area contributed by atoms with Crippen LogP contribution in [0.5, 0.6) is 0 Å². The third-order valence-corrected chi connectivity index (χ3v) is 4.33. The van der Waals surface area contributed by atoms with E-state index in [0.29, 0.717) is 17.8 Å². The Hall–Kier alpha value is -2.58. The first-order valence-electron chi connectivity index (χ1n) is 7.55. The summed E-state index contributed by atoms with van der Waals surface area (Å²) in [6.07, 6.45) is 2.94. The zero-order valence-electron chi connectivity index (χ0n) is 12.1. The van der Waals surface area contributed by atoms with Crippen LogP contribution in [-0.2, 0) is 12.8 Å². The molecule has 1 aliphatic carbocycles. The van der Waals surface area contributed by atoms with Crippen LogP contribution in [0.4, 0.5) is 5.82 Å². The van der Waals surface area contributed by atoms with Gasteiger partial charge in [-0.2, -0.15) is 5.26 Å². The first-order chi connectivity index (χ1) is 10.8. The molecule has 0 atom stereocenters. The number of nitrogens with one attached hydrogen (secondary N) is 1. The highest BCUT2D eigenvalue weighted by Gasteiger charge is 2.25. The first-order valence-corrected chi connectivity index (χ1v) is 7.55. The molecule has 2 N–H and O–H groups in total. The van der Waals surface area contributed by atoms with Crippen molar-refractivity contribution in [3.05, 3.63) is 41.0 Å². The number of nitriles is 1. The maximum atomic E-state index is 9.63. The molecule has 0 amide bonds. The van der Waals surface area contributed by atoms with E-state index < -0.39 is 0 Å². The molecule has 1 aliphatic rings. The van der Waals surface area contributed by atoms with Crippen molar-refractivity contribution in [2.24, 2.45) is 0 Å². The van der Waals surface area contributed by atoms with Crippen molar-refractivity contribution in [2.45, 2.75) is 19.3 Å². The highest BCUT2D eigenvalue weighted by atomic mass is 16.3. The quantitative estimate of drug-likeness (QED) is 0.776. The number of para-hydroxylation sites is 2. The number of rotatable bonds is 3. The smallest absolute Gasteiger partial charge is 0.157 e. The summed E-state index contributed by atoms with van der Waals surface area (Å²) in [6, 6.07) is 10.3. The minimum absolute atomic E-state index is 0.0723. The summed E-state index contributed by atoms with van der Waals surface area (Å²) in [5, 5.41) is 22.1. The number of fused-ring (bicyclic) bond motifs is 4. The van der Waals surface area contributed by atoms with Crippen LogP contribution in [-0.4, -0.2) is 27.6 Å². The van der Waals surface area contributed by atoms with E-state index in [1.54, 1.807) is 0 Å². The number of pyridine rings is 1. The van der Waals surface area contributed by atoms with E-state index in [0.717, 1.165) is 41.7 Å². The Morgan fingerprint density at radius 3 is 2.91 bits per heavy atom. The van der Waals surface area contributed by atoms with E-state index in [1.807, 2.05) is 28.7 Å². The van der Waals surface area contributed by atoms with Gasteiger partial charge < -0.3 is 10.4 Å². The summed E-state index contributed by atoms with van der Waals surface area (Å²) in [5.41, 5.74) is 5.59. The Morgan fingerprint density at radius 2 is 2.09 bits per heavy atom. The van der Waals surface area contributed by atoms with Crippen LogP contribution in [0.25, 0.3) is 16.7 Å². The molecule has 0 saturated carbocycles. The van der Waals surface area contributed by atoms with Crippen molar-refractivity contribution in [2.75, 3.05) is 18.5 Å². The molecule has 5 nitrogen and oxygen atoms in total. The van der Waals surface area contributed by atoms with Crippen molar-refractivity contribution in [3.63, 3.8) is 0 Å². The van der Waals surface area contributed by atoms with Crippen LogP contribution in [0, 0.1) is 11.3 Å². The Morgan fingerprint density at radius 1 is 1.27 bits per heavy atom. The molecule has 110 valence electrons. The highest BCUT2D eigenvalue weighted by molar-refractivity contribution is 5.86. The average molecular weight is 292 g/mol. The number of aliphatic hydroxyl groups excluding tert-OH is 1. The molecule has 0 unspecified atom stereocenters. The summed E-state index contributed by atoms with van der Waals surface area (Å²) in [6.45, 7) is 0.558. The molecule has 0 aliphatic heterocycles. The van der Waals surface area contributed by atoms with Crippen LogP contribution < -0.4 is 5.32 Å². The largest absolute Gasteiger partial charge is 0.395 e. The van der Waals surface area contributed by atoms with Gasteiger partial charge in [0.05, 0.1) is 23.2 Å². The average Bonchev–Trinajstić information content (AvgIpc) is 3.16. The summed E-state index contributed by atoms with van der Waals surface area (Å²) < 4.78 is 2.04. The fraction of sp³-hybridized carbons (Fsp3) is 0.294. The maximum Gasteiger partial charge on any atom is 0.157 e. The van der Waals surface area contributed by atoms with Gasteiger partial charge in [-0.05, 0) is 42.5 Å². The number of anilines is 1. The molecular formula is C17H16N4O. The van der Waals surface area contributed by atoms with Gasteiger partial charge in [-0.3, -0.25) is 4.40 Å². The molecule has 22 heavy (non-hydrogen) atoms. The number of aromatic nitrogens is 2. The molecule has 0 spiro atoms. The van der Waals surface area contributed by atoms with Crippen molar-refractivity contribution in [3.8, 4) is 6.07 Å². The van der Waals surface area contributed by atoms with Gasteiger partial charge in [-0.25, -0.2) is 4.98 Å². The van der Waals surface area contributed by atoms with Gasteiger partial charge in [0.2, 0.25) is 0 Å². The maximum absolute atomic E-state index is 9.63. The summed E-state index contributed by atoms with van der Waals surface area (Å²) >= 11 is 0. The molecule has 3 aromatic rings. The van der Waals surface area contributed by atoms with Gasteiger partial charge in [-0.15, -0.1) is 0 Å². The van der Waals surface area contributed by atoms with Crippen LogP contribution in [0.3, 0.4) is 0 Å². The lowest BCUT2D eigenvalue weighted by Gasteiger charge is -2.15. The topological polar surface area (TPSA) is 73.3 Å². The lowest BCUT2D eigenvalue weighted by molar-refractivity contribution is 0.311.